The van der Waals surface area contributed by atoms with E-state index in [4.69, 9.17) is 9.47 Å². The zero-order chi connectivity index (χ0) is 17.8. The van der Waals surface area contributed by atoms with Gasteiger partial charge in [-0.1, -0.05) is 106 Å². The quantitative estimate of drug-likeness (QED) is 0.116. The third-order valence-electron chi connectivity index (χ3n) is 5.22. The Bertz CT molecular complexity index is 254. The van der Waals surface area contributed by atoms with E-state index in [1.165, 1.54) is 114 Å². The van der Waals surface area contributed by atoms with Crippen LogP contribution in [0.3, 0.4) is 0 Å². The molecule has 0 bridgehead atoms. The lowest BCUT2D eigenvalue weighted by atomic mass is 10.0. The highest BCUT2D eigenvalue weighted by molar-refractivity contribution is 14.1. The number of hydrogen-bond donors (Lipinski definition) is 0. The Morgan fingerprint density at radius 1 is 0.640 bits per heavy atom. The van der Waals surface area contributed by atoms with Crippen LogP contribution >= 0.6 is 22.6 Å². The fraction of sp³-hybridized carbons (Fsp3) is 1.00. The molecule has 1 atom stereocenters. The fourth-order valence-electron chi connectivity index (χ4n) is 3.55. The minimum atomic E-state index is 0.102. The molecule has 1 unspecified atom stereocenters. The molecule has 0 aliphatic carbocycles. The lowest BCUT2D eigenvalue weighted by molar-refractivity contribution is -0.162. The predicted octanol–water partition coefficient (Wildman–Crippen LogP) is 7.82. The van der Waals surface area contributed by atoms with Gasteiger partial charge in [0.2, 0.25) is 0 Å². The van der Waals surface area contributed by atoms with Gasteiger partial charge in [0.05, 0.1) is 0 Å². The van der Waals surface area contributed by atoms with Gasteiger partial charge in [0.15, 0.2) is 6.29 Å². The summed E-state index contributed by atoms with van der Waals surface area (Å²) in [6.07, 6.45) is 25.0. The number of ether oxygens (including phenoxy) is 2. The van der Waals surface area contributed by atoms with Gasteiger partial charge in [-0.15, -0.1) is 0 Å². The van der Waals surface area contributed by atoms with Crippen LogP contribution in [-0.4, -0.2) is 23.9 Å². The zero-order valence-electron chi connectivity index (χ0n) is 16.6. The Kier molecular flexibility index (Phi) is 18.4. The highest BCUT2D eigenvalue weighted by Gasteiger charge is 2.13. The normalized spacial score (nSPS) is 17.9. The molecule has 3 heteroatoms. The van der Waals surface area contributed by atoms with Crippen molar-refractivity contribution in [2.75, 3.05) is 17.6 Å². The van der Waals surface area contributed by atoms with Crippen molar-refractivity contribution in [3.05, 3.63) is 0 Å². The molecular formula is C22H43IO2. The molecule has 0 saturated carbocycles. The third-order valence-corrected chi connectivity index (χ3v) is 5.98. The molecule has 0 aromatic rings. The van der Waals surface area contributed by atoms with Crippen molar-refractivity contribution in [3.8, 4) is 0 Å². The van der Waals surface area contributed by atoms with Gasteiger partial charge in [-0.05, 0) is 36.5 Å². The van der Waals surface area contributed by atoms with Gasteiger partial charge >= 0.3 is 0 Å². The summed E-state index contributed by atoms with van der Waals surface area (Å²) in [7, 11) is 0. The molecule has 1 saturated heterocycles. The minimum Gasteiger partial charge on any atom is -0.353 e. The Balaban J connectivity index is 1.65. The van der Waals surface area contributed by atoms with Crippen molar-refractivity contribution < 1.29 is 9.47 Å². The van der Waals surface area contributed by atoms with Crippen LogP contribution < -0.4 is 0 Å². The van der Waals surface area contributed by atoms with Crippen LogP contribution in [0.5, 0.6) is 0 Å². The minimum absolute atomic E-state index is 0.102. The lowest BCUT2D eigenvalue weighted by Gasteiger charge is -2.22. The van der Waals surface area contributed by atoms with Crippen LogP contribution in [0, 0.1) is 0 Å². The highest BCUT2D eigenvalue weighted by atomic mass is 127. The Morgan fingerprint density at radius 3 is 1.56 bits per heavy atom. The molecule has 1 fully saturated rings. The van der Waals surface area contributed by atoms with Crippen LogP contribution in [-0.2, 0) is 9.47 Å². The van der Waals surface area contributed by atoms with E-state index in [0.717, 1.165) is 19.6 Å². The maximum Gasteiger partial charge on any atom is 0.157 e. The second-order valence-electron chi connectivity index (χ2n) is 7.66. The van der Waals surface area contributed by atoms with Crippen molar-refractivity contribution in [1.29, 1.82) is 0 Å². The molecule has 0 spiro atoms. The van der Waals surface area contributed by atoms with E-state index in [0.29, 0.717) is 0 Å². The van der Waals surface area contributed by atoms with E-state index >= 15 is 0 Å². The number of rotatable bonds is 18. The molecule has 0 radical (unpaired) electrons. The van der Waals surface area contributed by atoms with Gasteiger partial charge in [-0.2, -0.15) is 0 Å². The highest BCUT2D eigenvalue weighted by Crippen LogP contribution is 2.15. The SMILES string of the molecule is ICCCCCCCCCCCCCCCCCOC1CCCCO1. The molecule has 1 rings (SSSR count). The van der Waals surface area contributed by atoms with Crippen LogP contribution in [0.1, 0.15) is 116 Å². The van der Waals surface area contributed by atoms with E-state index in [1.54, 1.807) is 0 Å². The number of alkyl halides is 1. The number of hydrogen-bond acceptors (Lipinski definition) is 2. The predicted molar refractivity (Wildman–Crippen MR) is 118 cm³/mol. The second kappa shape index (κ2) is 19.4. The maximum atomic E-state index is 5.78. The van der Waals surface area contributed by atoms with Crippen molar-refractivity contribution >= 4 is 22.6 Å². The summed E-state index contributed by atoms with van der Waals surface area (Å²) >= 11 is 2.49. The largest absolute Gasteiger partial charge is 0.353 e. The number of halogens is 1. The summed E-state index contributed by atoms with van der Waals surface area (Å²) < 4.78 is 12.7. The van der Waals surface area contributed by atoms with Crippen molar-refractivity contribution in [2.24, 2.45) is 0 Å². The fourth-order valence-corrected chi connectivity index (χ4v) is 4.09. The summed E-state index contributed by atoms with van der Waals surface area (Å²) in [5.74, 6) is 0. The Morgan fingerprint density at radius 2 is 1.12 bits per heavy atom. The van der Waals surface area contributed by atoms with Crippen molar-refractivity contribution in [3.63, 3.8) is 0 Å². The Hall–Kier alpha value is 0.650. The van der Waals surface area contributed by atoms with Gasteiger partial charge in [0.25, 0.3) is 0 Å². The average Bonchev–Trinajstić information content (AvgIpc) is 2.65. The molecule has 150 valence electrons. The molecular weight excluding hydrogens is 423 g/mol. The van der Waals surface area contributed by atoms with Gasteiger partial charge < -0.3 is 9.47 Å². The van der Waals surface area contributed by atoms with Crippen LogP contribution in [0.4, 0.5) is 0 Å². The van der Waals surface area contributed by atoms with E-state index in [-0.39, 0.29) is 6.29 Å². The molecule has 1 heterocycles. The van der Waals surface area contributed by atoms with E-state index in [2.05, 4.69) is 22.6 Å². The van der Waals surface area contributed by atoms with Gasteiger partial charge in [-0.3, -0.25) is 0 Å². The van der Waals surface area contributed by atoms with Crippen LogP contribution in [0.2, 0.25) is 0 Å². The molecule has 1 aliphatic rings. The first kappa shape index (κ1) is 23.7. The monoisotopic (exact) mass is 466 g/mol. The molecule has 1 aliphatic heterocycles. The van der Waals surface area contributed by atoms with Crippen LogP contribution in [0.15, 0.2) is 0 Å². The van der Waals surface area contributed by atoms with E-state index < -0.39 is 0 Å². The average molecular weight is 466 g/mol. The summed E-state index contributed by atoms with van der Waals surface area (Å²) in [6.45, 7) is 1.78. The molecule has 25 heavy (non-hydrogen) atoms. The first-order chi connectivity index (χ1) is 12.4. The first-order valence-corrected chi connectivity index (χ1v) is 12.7. The summed E-state index contributed by atoms with van der Waals surface area (Å²) in [6, 6.07) is 0. The molecule has 2 nitrogen and oxygen atoms in total. The van der Waals surface area contributed by atoms with E-state index in [9.17, 15) is 0 Å². The first-order valence-electron chi connectivity index (χ1n) is 11.2. The van der Waals surface area contributed by atoms with Gasteiger partial charge in [-0.25, -0.2) is 0 Å². The third kappa shape index (κ3) is 16.5. The summed E-state index contributed by atoms with van der Waals surface area (Å²) in [5.41, 5.74) is 0. The van der Waals surface area contributed by atoms with Gasteiger partial charge in [0, 0.05) is 13.2 Å². The van der Waals surface area contributed by atoms with E-state index in [1.807, 2.05) is 0 Å². The molecule has 0 N–H and O–H groups in total. The Labute approximate surface area is 171 Å². The second-order valence-corrected chi connectivity index (χ2v) is 8.74. The summed E-state index contributed by atoms with van der Waals surface area (Å²) in [4.78, 5) is 0. The standard InChI is InChI=1S/C22H43IO2/c23-19-15-12-10-8-6-4-2-1-3-5-7-9-11-13-16-20-24-22-18-14-17-21-25-22/h22H,1-21H2. The van der Waals surface area contributed by atoms with Crippen LogP contribution in [0.25, 0.3) is 0 Å². The smallest absolute Gasteiger partial charge is 0.157 e. The van der Waals surface area contributed by atoms with Gasteiger partial charge in [0.1, 0.15) is 0 Å². The topological polar surface area (TPSA) is 18.5 Å². The maximum absolute atomic E-state index is 5.78. The summed E-state index contributed by atoms with van der Waals surface area (Å²) in [5, 5.41) is 0. The van der Waals surface area contributed by atoms with Crippen molar-refractivity contribution in [1.82, 2.24) is 0 Å². The van der Waals surface area contributed by atoms with Crippen molar-refractivity contribution in [2.45, 2.75) is 122 Å². The lowest BCUT2D eigenvalue weighted by Crippen LogP contribution is -2.22. The number of unbranched alkanes of at least 4 members (excludes halogenated alkanes) is 14. The molecule has 0 aromatic heterocycles. The molecule has 0 aromatic carbocycles. The zero-order valence-corrected chi connectivity index (χ0v) is 18.8. The molecule has 0 amide bonds.